The molecule has 23 heavy (non-hydrogen) atoms. The molecule has 0 saturated carbocycles. The number of sulfone groups is 1. The van der Waals surface area contributed by atoms with Gasteiger partial charge in [0.1, 0.15) is 0 Å². The van der Waals surface area contributed by atoms with Crippen LogP contribution in [0.3, 0.4) is 0 Å². The molecule has 2 aromatic rings. The highest BCUT2D eigenvalue weighted by Crippen LogP contribution is 2.20. The van der Waals surface area contributed by atoms with Crippen molar-refractivity contribution in [3.63, 3.8) is 0 Å². The monoisotopic (exact) mass is 332 g/mol. The minimum atomic E-state index is -3.21. The van der Waals surface area contributed by atoms with Gasteiger partial charge in [-0.05, 0) is 30.9 Å². The summed E-state index contributed by atoms with van der Waals surface area (Å²) < 4.78 is 25.2. The van der Waals surface area contributed by atoms with Gasteiger partial charge < -0.3 is 9.88 Å². The first-order valence-corrected chi connectivity index (χ1v) is 9.42. The second-order valence-electron chi connectivity index (χ2n) is 5.90. The summed E-state index contributed by atoms with van der Waals surface area (Å²) in [5, 5.41) is 5.14. The molecule has 0 bridgehead atoms. The molecule has 1 N–H and O–H groups in total. The van der Waals surface area contributed by atoms with Crippen molar-refractivity contribution >= 4 is 26.6 Å². The van der Waals surface area contributed by atoms with E-state index in [4.69, 9.17) is 0 Å². The molecular weight excluding hydrogens is 312 g/mol. The van der Waals surface area contributed by atoms with E-state index in [1.165, 1.54) is 10.9 Å². The average molecular weight is 332 g/mol. The summed E-state index contributed by atoms with van der Waals surface area (Å²) in [6, 6.07) is 8.14. The number of amides is 1. The molecule has 6 heteroatoms. The summed E-state index contributed by atoms with van der Waals surface area (Å²) in [6.45, 7) is 0.490. The van der Waals surface area contributed by atoms with Gasteiger partial charge in [-0.25, -0.2) is 8.42 Å². The molecule has 0 fully saturated rings. The molecule has 0 radical (unpaired) electrons. The minimum Gasteiger partial charge on any atom is -0.352 e. The van der Waals surface area contributed by atoms with Gasteiger partial charge in [0.2, 0.25) is 5.91 Å². The lowest BCUT2D eigenvalue weighted by molar-refractivity contribution is -0.117. The molecule has 3 rings (SSSR count). The van der Waals surface area contributed by atoms with Crippen LogP contribution >= 0.6 is 0 Å². The van der Waals surface area contributed by atoms with Crippen LogP contribution < -0.4 is 5.32 Å². The third-order valence-electron chi connectivity index (χ3n) is 4.15. The summed E-state index contributed by atoms with van der Waals surface area (Å²) in [6.07, 6.45) is 3.83. The number of nitrogens with one attached hydrogen (secondary N) is 1. The molecule has 0 aliphatic carbocycles. The maximum absolute atomic E-state index is 12.1. The summed E-state index contributed by atoms with van der Waals surface area (Å²) in [5.74, 6) is -0.131. The lowest BCUT2D eigenvalue weighted by Crippen LogP contribution is -2.29. The van der Waals surface area contributed by atoms with E-state index in [1.54, 1.807) is 0 Å². The van der Waals surface area contributed by atoms with E-state index in [1.807, 2.05) is 19.2 Å². The van der Waals surface area contributed by atoms with Crippen LogP contribution in [0.1, 0.15) is 18.4 Å². The number of nitrogens with zero attached hydrogens (tertiary/aromatic N) is 1. The smallest absolute Gasteiger partial charge is 0.247 e. The number of carbonyl (C=O) groups is 1. The van der Waals surface area contributed by atoms with Crippen LogP contribution in [0.15, 0.2) is 41.4 Å². The second kappa shape index (κ2) is 6.20. The Morgan fingerprint density at radius 3 is 2.87 bits per heavy atom. The highest BCUT2D eigenvalue weighted by Gasteiger charge is 2.20. The quantitative estimate of drug-likeness (QED) is 0.930. The highest BCUT2D eigenvalue weighted by molar-refractivity contribution is 7.94. The molecule has 0 atom stereocenters. The van der Waals surface area contributed by atoms with Crippen LogP contribution in [0.25, 0.3) is 10.9 Å². The number of carbonyl (C=O) groups excluding carboxylic acids is 1. The highest BCUT2D eigenvalue weighted by atomic mass is 32.2. The molecule has 0 saturated heterocycles. The Labute approximate surface area is 135 Å². The molecule has 1 aliphatic rings. The van der Waals surface area contributed by atoms with Crippen molar-refractivity contribution < 1.29 is 13.2 Å². The number of hydrogen-bond donors (Lipinski definition) is 1. The topological polar surface area (TPSA) is 68.2 Å². The van der Waals surface area contributed by atoms with Crippen LogP contribution in [-0.2, 0) is 28.1 Å². The number of rotatable bonds is 4. The number of para-hydroxylation sites is 1. The fraction of sp³-hybridized carbons (Fsp3) is 0.353. The molecule has 1 aromatic heterocycles. The third kappa shape index (κ3) is 3.47. The van der Waals surface area contributed by atoms with Crippen molar-refractivity contribution in [1.29, 1.82) is 0 Å². The molecule has 0 unspecified atom stereocenters. The lowest BCUT2D eigenvalue weighted by Gasteiger charge is -2.13. The number of aryl methyl sites for hydroxylation is 1. The Morgan fingerprint density at radius 1 is 1.30 bits per heavy atom. The standard InChI is InChI=1S/C17H20N2O3S/c1-19-11-13(15-6-2-3-7-16(15)19)8-9-18-17(20)14-5-4-10-23(21,22)12-14/h2-3,6-7,11-12H,4-5,8-10H2,1H3,(H,18,20). The number of benzene rings is 1. The molecular formula is C17H20N2O3S. The van der Waals surface area contributed by atoms with Gasteiger partial charge in [-0.15, -0.1) is 0 Å². The van der Waals surface area contributed by atoms with Crippen LogP contribution in [0, 0.1) is 0 Å². The first-order valence-electron chi connectivity index (χ1n) is 7.71. The van der Waals surface area contributed by atoms with Crippen LogP contribution in [0.4, 0.5) is 0 Å². The summed E-state index contributed by atoms with van der Waals surface area (Å²) in [5.41, 5.74) is 2.71. The molecule has 1 aromatic carbocycles. The molecule has 122 valence electrons. The molecule has 0 spiro atoms. The first-order chi connectivity index (χ1) is 11.0. The Hall–Kier alpha value is -2.08. The summed E-state index contributed by atoms with van der Waals surface area (Å²) in [7, 11) is -1.20. The Balaban J connectivity index is 1.65. The molecule has 5 nitrogen and oxygen atoms in total. The van der Waals surface area contributed by atoms with Crippen molar-refractivity contribution in [3.05, 3.63) is 47.0 Å². The van der Waals surface area contributed by atoms with Gasteiger partial charge in [-0.1, -0.05) is 18.2 Å². The largest absolute Gasteiger partial charge is 0.352 e. The van der Waals surface area contributed by atoms with Gasteiger partial charge >= 0.3 is 0 Å². The fourth-order valence-corrected chi connectivity index (χ4v) is 4.34. The number of fused-ring (bicyclic) bond motifs is 1. The number of hydrogen-bond acceptors (Lipinski definition) is 3. The van der Waals surface area contributed by atoms with Crippen molar-refractivity contribution in [2.75, 3.05) is 12.3 Å². The predicted molar refractivity (Wildman–Crippen MR) is 90.7 cm³/mol. The maximum Gasteiger partial charge on any atom is 0.247 e. The van der Waals surface area contributed by atoms with Crippen LogP contribution in [0.5, 0.6) is 0 Å². The third-order valence-corrected chi connectivity index (χ3v) is 5.65. The predicted octanol–water partition coefficient (Wildman–Crippen LogP) is 1.93. The summed E-state index contributed by atoms with van der Waals surface area (Å²) in [4.78, 5) is 12.1. The van der Waals surface area contributed by atoms with Crippen molar-refractivity contribution in [3.8, 4) is 0 Å². The lowest BCUT2D eigenvalue weighted by atomic mass is 10.1. The molecule has 1 aliphatic heterocycles. The van der Waals surface area contributed by atoms with E-state index in [9.17, 15) is 13.2 Å². The van der Waals surface area contributed by atoms with Gasteiger partial charge in [0, 0.05) is 41.7 Å². The van der Waals surface area contributed by atoms with E-state index in [2.05, 4.69) is 28.2 Å². The maximum atomic E-state index is 12.1. The van der Waals surface area contributed by atoms with Crippen molar-refractivity contribution in [1.82, 2.24) is 9.88 Å². The van der Waals surface area contributed by atoms with Gasteiger partial charge in [-0.3, -0.25) is 4.79 Å². The fourth-order valence-electron chi connectivity index (χ4n) is 3.01. The van der Waals surface area contributed by atoms with Crippen molar-refractivity contribution in [2.45, 2.75) is 19.3 Å². The van der Waals surface area contributed by atoms with Crippen LogP contribution in [0.2, 0.25) is 0 Å². The Kier molecular flexibility index (Phi) is 4.26. The van der Waals surface area contributed by atoms with E-state index in [0.717, 1.165) is 10.9 Å². The first kappa shape index (κ1) is 15.8. The average Bonchev–Trinajstić information content (AvgIpc) is 2.83. The van der Waals surface area contributed by atoms with Gasteiger partial charge in [-0.2, -0.15) is 0 Å². The van der Waals surface area contributed by atoms with Crippen LogP contribution in [-0.4, -0.2) is 31.2 Å². The minimum absolute atomic E-state index is 0.139. The zero-order valence-electron chi connectivity index (χ0n) is 13.1. The van der Waals surface area contributed by atoms with Gasteiger partial charge in [0.05, 0.1) is 5.75 Å². The van der Waals surface area contributed by atoms with E-state index < -0.39 is 9.84 Å². The van der Waals surface area contributed by atoms with E-state index in [-0.39, 0.29) is 11.7 Å². The Morgan fingerprint density at radius 2 is 2.09 bits per heavy atom. The number of aromatic nitrogens is 1. The van der Waals surface area contributed by atoms with E-state index in [0.29, 0.717) is 31.4 Å². The second-order valence-corrected chi connectivity index (χ2v) is 7.87. The molecule has 1 amide bonds. The molecule has 2 heterocycles. The van der Waals surface area contributed by atoms with Gasteiger partial charge in [0.15, 0.2) is 9.84 Å². The zero-order valence-corrected chi connectivity index (χ0v) is 13.9. The van der Waals surface area contributed by atoms with E-state index >= 15 is 0 Å². The zero-order chi connectivity index (χ0) is 16.4. The van der Waals surface area contributed by atoms with Gasteiger partial charge in [0.25, 0.3) is 0 Å². The normalized spacial score (nSPS) is 17.0. The summed E-state index contributed by atoms with van der Waals surface area (Å²) >= 11 is 0. The SMILES string of the molecule is Cn1cc(CCNC(=O)C2=CS(=O)(=O)CCC2)c2ccccc21. The Bertz CT molecular complexity index is 878. The van der Waals surface area contributed by atoms with Crippen molar-refractivity contribution in [2.24, 2.45) is 7.05 Å².